The van der Waals surface area contributed by atoms with Crippen LogP contribution in [0, 0.1) is 24.2 Å². The van der Waals surface area contributed by atoms with Crippen molar-refractivity contribution in [2.75, 3.05) is 40.4 Å². The third kappa shape index (κ3) is 5.44. The lowest BCUT2D eigenvalue weighted by molar-refractivity contribution is -1.02. The second kappa shape index (κ2) is 10.1. The molecule has 1 aliphatic heterocycles. The maximum atomic E-state index is 12.8. The van der Waals surface area contributed by atoms with Crippen LogP contribution in [0.4, 0.5) is 0 Å². The minimum absolute atomic E-state index is 0.0399. The largest absolute Gasteiger partial charge is 0.493 e. The van der Waals surface area contributed by atoms with Gasteiger partial charge in [-0.25, -0.2) is 0 Å². The van der Waals surface area contributed by atoms with Crippen molar-refractivity contribution in [1.29, 1.82) is 5.26 Å². The van der Waals surface area contributed by atoms with Gasteiger partial charge in [-0.1, -0.05) is 13.8 Å². The van der Waals surface area contributed by atoms with E-state index < -0.39 is 5.54 Å². The first-order valence-electron chi connectivity index (χ1n) is 10.8. The molecule has 1 fully saturated rings. The zero-order valence-corrected chi connectivity index (χ0v) is 19.5. The van der Waals surface area contributed by atoms with Crippen LogP contribution >= 0.6 is 0 Å². The van der Waals surface area contributed by atoms with Gasteiger partial charge in [0.15, 0.2) is 17.5 Å². The van der Waals surface area contributed by atoms with Gasteiger partial charge in [0, 0.05) is 5.56 Å². The van der Waals surface area contributed by atoms with Crippen molar-refractivity contribution in [2.24, 2.45) is 5.92 Å². The van der Waals surface area contributed by atoms with Crippen LogP contribution in [0.25, 0.3) is 0 Å². The van der Waals surface area contributed by atoms with E-state index in [0.717, 1.165) is 44.2 Å². The Bertz CT molecular complexity index is 781. The number of aryl methyl sites for hydroxylation is 1. The Morgan fingerprint density at radius 1 is 1.17 bits per heavy atom. The molecular weight excluding hydrogens is 380 g/mol. The fraction of sp³-hybridized carbons (Fsp3) is 0.652. The molecule has 0 aromatic heterocycles. The van der Waals surface area contributed by atoms with E-state index in [2.05, 4.69) is 24.4 Å². The van der Waals surface area contributed by atoms with Gasteiger partial charge >= 0.3 is 0 Å². The number of quaternary nitrogens is 2. The zero-order valence-electron chi connectivity index (χ0n) is 19.5. The Morgan fingerprint density at radius 3 is 2.23 bits per heavy atom. The highest BCUT2D eigenvalue weighted by atomic mass is 16.5. The molecule has 0 saturated carbocycles. The Labute approximate surface area is 180 Å². The second-order valence-electron chi connectivity index (χ2n) is 8.90. The number of carbonyl (C=O) groups excluding carboxylic acids is 1. The summed E-state index contributed by atoms with van der Waals surface area (Å²) in [6, 6.07) is 6.20. The minimum Gasteiger partial charge on any atom is -0.493 e. The van der Waals surface area contributed by atoms with Crippen LogP contribution in [-0.4, -0.2) is 57.9 Å². The molecule has 1 aliphatic rings. The van der Waals surface area contributed by atoms with Gasteiger partial charge in [-0.15, -0.1) is 0 Å². The van der Waals surface area contributed by atoms with Gasteiger partial charge in [-0.3, -0.25) is 4.79 Å². The van der Waals surface area contributed by atoms with E-state index >= 15 is 0 Å². The predicted octanol–water partition coefficient (Wildman–Crippen LogP) is -0.261. The van der Waals surface area contributed by atoms with Crippen LogP contribution < -0.4 is 24.6 Å². The molecule has 1 heterocycles. The standard InChI is InChI=1S/C23H36N4O3/c1-16(2)23(5,15-24)25-22(28)18(4)27-10-8-26(9-11-27)14-19-13-21(30-7)20(29-6)12-17(19)3/h12-13,16,18H,8-11,14H2,1-7H3,(H,25,28)/p+2/t18-,23-/m1/s1. The van der Waals surface area contributed by atoms with Gasteiger partial charge in [0.05, 0.1) is 20.3 Å². The number of methoxy groups -OCH3 is 2. The molecule has 0 radical (unpaired) electrons. The molecule has 1 aromatic carbocycles. The lowest BCUT2D eigenvalue weighted by atomic mass is 9.89. The van der Waals surface area contributed by atoms with Crippen LogP contribution in [0.1, 0.15) is 38.8 Å². The summed E-state index contributed by atoms with van der Waals surface area (Å²) in [6.45, 7) is 14.6. The molecule has 2 atom stereocenters. The third-order valence-electron chi connectivity index (χ3n) is 6.66. The number of nitriles is 1. The molecule has 0 unspecified atom stereocenters. The molecule has 1 saturated heterocycles. The van der Waals surface area contributed by atoms with Crippen LogP contribution in [0.15, 0.2) is 12.1 Å². The van der Waals surface area contributed by atoms with E-state index in [1.54, 1.807) is 21.1 Å². The molecule has 7 heteroatoms. The van der Waals surface area contributed by atoms with E-state index in [0.29, 0.717) is 0 Å². The van der Waals surface area contributed by atoms with Crippen LogP contribution in [0.5, 0.6) is 11.5 Å². The number of ether oxygens (including phenoxy) is 2. The Kier molecular flexibility index (Phi) is 8.10. The molecular formula is C23H38N4O3+2. The summed E-state index contributed by atoms with van der Waals surface area (Å²) in [4.78, 5) is 15.5. The van der Waals surface area contributed by atoms with E-state index in [1.807, 2.05) is 26.8 Å². The van der Waals surface area contributed by atoms with Crippen molar-refractivity contribution in [3.8, 4) is 17.6 Å². The van der Waals surface area contributed by atoms with E-state index in [4.69, 9.17) is 9.47 Å². The first-order valence-corrected chi connectivity index (χ1v) is 10.8. The first-order chi connectivity index (χ1) is 14.1. The summed E-state index contributed by atoms with van der Waals surface area (Å²) >= 11 is 0. The van der Waals surface area contributed by atoms with Crippen LogP contribution in [-0.2, 0) is 11.3 Å². The second-order valence-corrected chi connectivity index (χ2v) is 8.90. The Hall–Kier alpha value is -2.30. The average Bonchev–Trinajstić information content (AvgIpc) is 2.74. The van der Waals surface area contributed by atoms with Gasteiger partial charge in [0.1, 0.15) is 38.3 Å². The number of piperazine rings is 1. The van der Waals surface area contributed by atoms with Crippen molar-refractivity contribution < 1.29 is 24.1 Å². The fourth-order valence-corrected chi connectivity index (χ4v) is 3.87. The number of benzene rings is 1. The first kappa shape index (κ1) is 24.0. The highest BCUT2D eigenvalue weighted by Crippen LogP contribution is 2.29. The van der Waals surface area contributed by atoms with E-state index in [1.165, 1.54) is 20.9 Å². The zero-order chi connectivity index (χ0) is 22.5. The number of carbonyl (C=O) groups is 1. The number of nitrogens with zero attached hydrogens (tertiary/aromatic N) is 1. The quantitative estimate of drug-likeness (QED) is 0.543. The van der Waals surface area contributed by atoms with Gasteiger partial charge in [-0.05, 0) is 44.4 Å². The maximum absolute atomic E-state index is 12.8. The normalized spacial score (nSPS) is 22.0. The summed E-state index contributed by atoms with van der Waals surface area (Å²) in [5, 5.41) is 12.4. The molecule has 1 aromatic rings. The molecule has 1 amide bonds. The van der Waals surface area contributed by atoms with Gasteiger partial charge in [-0.2, -0.15) is 5.26 Å². The smallest absolute Gasteiger partial charge is 0.279 e. The summed E-state index contributed by atoms with van der Waals surface area (Å²) in [5.41, 5.74) is 1.63. The average molecular weight is 419 g/mol. The lowest BCUT2D eigenvalue weighted by Gasteiger charge is -2.35. The summed E-state index contributed by atoms with van der Waals surface area (Å²) in [7, 11) is 3.32. The van der Waals surface area contributed by atoms with Crippen molar-refractivity contribution in [3.05, 3.63) is 23.3 Å². The Morgan fingerprint density at radius 2 is 1.73 bits per heavy atom. The monoisotopic (exact) mass is 418 g/mol. The molecule has 3 N–H and O–H groups in total. The highest BCUT2D eigenvalue weighted by molar-refractivity contribution is 5.81. The summed E-state index contributed by atoms with van der Waals surface area (Å²) in [5.74, 6) is 1.54. The lowest BCUT2D eigenvalue weighted by Crippen LogP contribution is -3.29. The molecule has 2 rings (SSSR count). The molecule has 7 nitrogen and oxygen atoms in total. The molecule has 0 bridgehead atoms. The number of hydrogen-bond donors (Lipinski definition) is 3. The van der Waals surface area contributed by atoms with Gasteiger partial charge in [0.25, 0.3) is 5.91 Å². The molecule has 0 spiro atoms. The predicted molar refractivity (Wildman–Crippen MR) is 116 cm³/mol. The third-order valence-corrected chi connectivity index (χ3v) is 6.66. The molecule has 0 aliphatic carbocycles. The molecule has 166 valence electrons. The summed E-state index contributed by atoms with van der Waals surface area (Å²) in [6.07, 6.45) is 0. The molecule has 30 heavy (non-hydrogen) atoms. The fourth-order valence-electron chi connectivity index (χ4n) is 3.87. The van der Waals surface area contributed by atoms with Crippen molar-refractivity contribution in [1.82, 2.24) is 5.32 Å². The summed E-state index contributed by atoms with van der Waals surface area (Å²) < 4.78 is 10.8. The van der Waals surface area contributed by atoms with Gasteiger partial charge in [0.2, 0.25) is 0 Å². The number of hydrogen-bond acceptors (Lipinski definition) is 4. The number of rotatable bonds is 8. The van der Waals surface area contributed by atoms with E-state index in [9.17, 15) is 10.1 Å². The Balaban J connectivity index is 1.95. The van der Waals surface area contributed by atoms with Crippen LogP contribution in [0.2, 0.25) is 0 Å². The van der Waals surface area contributed by atoms with Gasteiger partial charge < -0.3 is 24.6 Å². The number of nitrogens with one attached hydrogen (secondary N) is 3. The van der Waals surface area contributed by atoms with Crippen molar-refractivity contribution >= 4 is 5.91 Å². The number of amides is 1. The van der Waals surface area contributed by atoms with Crippen molar-refractivity contribution in [2.45, 2.75) is 52.7 Å². The SMILES string of the molecule is COc1cc(C)c(C[NH+]2CC[NH+]([C@H](C)C(=O)N[C@](C)(C#N)C(C)C)CC2)cc1OC. The highest BCUT2D eigenvalue weighted by Gasteiger charge is 2.36. The van der Waals surface area contributed by atoms with Crippen molar-refractivity contribution in [3.63, 3.8) is 0 Å². The van der Waals surface area contributed by atoms with E-state index in [-0.39, 0.29) is 17.9 Å². The maximum Gasteiger partial charge on any atom is 0.279 e. The topological polar surface area (TPSA) is 80.2 Å². The van der Waals surface area contributed by atoms with Crippen LogP contribution in [0.3, 0.4) is 0 Å². The minimum atomic E-state index is -0.831.